The molecule has 2 fully saturated rings. The Kier molecular flexibility index (Phi) is 5.61. The van der Waals surface area contributed by atoms with E-state index in [2.05, 4.69) is 38.6 Å². The molecule has 0 radical (unpaired) electrons. The fraction of sp³-hybridized carbons (Fsp3) is 0.933. The molecule has 0 bridgehead atoms. The Morgan fingerprint density at radius 1 is 1.36 bits per heavy atom. The summed E-state index contributed by atoms with van der Waals surface area (Å²) in [6.45, 7) is 11.3. The average molecular weight is 395 g/mol. The molecule has 2 heterocycles. The van der Waals surface area contributed by atoms with E-state index < -0.39 is 36.5 Å². The first kappa shape index (κ1) is 20.6. The van der Waals surface area contributed by atoms with E-state index in [0.29, 0.717) is 6.61 Å². The van der Waals surface area contributed by atoms with Gasteiger partial charge in [0.25, 0.3) is 0 Å². The van der Waals surface area contributed by atoms with Crippen molar-refractivity contribution in [2.24, 2.45) is 5.92 Å². The molecule has 0 aromatic carbocycles. The first-order valence-electron chi connectivity index (χ1n) is 8.45. The third-order valence-electron chi connectivity index (χ3n) is 5.68. The number of nitrogens with zero attached hydrogens (tertiary/aromatic N) is 1. The summed E-state index contributed by atoms with van der Waals surface area (Å²) in [7, 11) is -5.57. The largest absolute Gasteiger partial charge is 0.465 e. The average Bonchev–Trinajstić information content (AvgIpc) is 2.95. The molecule has 146 valence electrons. The number of rotatable bonds is 5. The van der Waals surface area contributed by atoms with Gasteiger partial charge in [0.1, 0.15) is 0 Å². The Labute approximate surface area is 151 Å². The topological polar surface area (TPSA) is 105 Å². The lowest BCUT2D eigenvalue weighted by Gasteiger charge is -2.39. The maximum Gasteiger partial charge on any atom is 0.408 e. The summed E-state index contributed by atoms with van der Waals surface area (Å²) in [4.78, 5) is 13.2. The zero-order chi connectivity index (χ0) is 19.2. The lowest BCUT2D eigenvalue weighted by Crippen LogP contribution is -2.53. The van der Waals surface area contributed by atoms with Crippen LogP contribution in [0, 0.1) is 5.92 Å². The molecule has 0 spiro atoms. The monoisotopic (exact) mass is 394 g/mol. The van der Waals surface area contributed by atoms with E-state index in [0.717, 1.165) is 6.26 Å². The summed E-state index contributed by atoms with van der Waals surface area (Å²) in [5, 5.41) is 9.67. The second-order valence-corrected chi connectivity index (χ2v) is 15.1. The second kappa shape index (κ2) is 6.80. The highest BCUT2D eigenvalue weighted by molar-refractivity contribution is 7.88. The minimum absolute atomic E-state index is 0.0155. The van der Waals surface area contributed by atoms with Gasteiger partial charge in [-0.3, -0.25) is 4.90 Å². The van der Waals surface area contributed by atoms with E-state index >= 15 is 0 Å². The van der Waals surface area contributed by atoms with Gasteiger partial charge < -0.3 is 14.3 Å². The lowest BCUT2D eigenvalue weighted by atomic mass is 9.97. The Bertz CT molecular complexity index is 618. The molecule has 2 N–H and O–H groups in total. The van der Waals surface area contributed by atoms with Crippen molar-refractivity contribution in [3.05, 3.63) is 0 Å². The van der Waals surface area contributed by atoms with Crippen molar-refractivity contribution in [3.63, 3.8) is 0 Å². The normalized spacial score (nSPS) is 30.6. The van der Waals surface area contributed by atoms with Gasteiger partial charge in [-0.15, -0.1) is 0 Å². The van der Waals surface area contributed by atoms with Crippen LogP contribution in [-0.2, 0) is 19.2 Å². The van der Waals surface area contributed by atoms with Crippen LogP contribution in [-0.4, -0.2) is 77.0 Å². The molecular weight excluding hydrogens is 364 g/mol. The summed E-state index contributed by atoms with van der Waals surface area (Å²) < 4.78 is 37.9. The van der Waals surface area contributed by atoms with Crippen molar-refractivity contribution < 1.29 is 27.5 Å². The molecule has 1 amide bonds. The zero-order valence-electron chi connectivity index (χ0n) is 15.8. The zero-order valence-corrected chi connectivity index (χ0v) is 17.6. The van der Waals surface area contributed by atoms with Crippen molar-refractivity contribution in [1.82, 2.24) is 9.62 Å². The third-order valence-corrected chi connectivity index (χ3v) is 10.9. The van der Waals surface area contributed by atoms with Crippen LogP contribution >= 0.6 is 0 Å². The van der Waals surface area contributed by atoms with Crippen molar-refractivity contribution in [2.45, 2.75) is 57.0 Å². The van der Waals surface area contributed by atoms with Gasteiger partial charge in [0.05, 0.1) is 44.2 Å². The summed E-state index contributed by atoms with van der Waals surface area (Å²) in [6, 6.07) is -1.44. The van der Waals surface area contributed by atoms with Crippen molar-refractivity contribution in [2.75, 3.05) is 26.1 Å². The number of sulfonamides is 1. The molecule has 8 nitrogen and oxygen atoms in total. The molecule has 0 saturated carbocycles. The maximum atomic E-state index is 11.8. The minimum atomic E-state index is -3.48. The fourth-order valence-corrected chi connectivity index (χ4v) is 5.13. The summed E-state index contributed by atoms with van der Waals surface area (Å²) in [5.74, 6) is -0.196. The molecule has 2 aliphatic heterocycles. The molecule has 0 aromatic rings. The first-order valence-corrected chi connectivity index (χ1v) is 13.2. The van der Waals surface area contributed by atoms with Crippen LogP contribution in [0.2, 0.25) is 18.1 Å². The highest BCUT2D eigenvalue weighted by Gasteiger charge is 2.55. The number of fused-ring (bicyclic) bond motifs is 1. The van der Waals surface area contributed by atoms with E-state index in [9.17, 15) is 18.3 Å². The summed E-state index contributed by atoms with van der Waals surface area (Å²) >= 11 is 0. The quantitative estimate of drug-likeness (QED) is 0.681. The summed E-state index contributed by atoms with van der Waals surface area (Å²) in [5.41, 5.74) is 0. The Hall–Kier alpha value is -0.683. The molecule has 4 atom stereocenters. The Morgan fingerprint density at radius 3 is 2.44 bits per heavy atom. The fourth-order valence-electron chi connectivity index (χ4n) is 3.28. The van der Waals surface area contributed by atoms with Crippen LogP contribution in [0.15, 0.2) is 0 Å². The molecule has 10 heteroatoms. The van der Waals surface area contributed by atoms with Crippen molar-refractivity contribution in [1.29, 1.82) is 0 Å². The van der Waals surface area contributed by atoms with Gasteiger partial charge in [-0.1, -0.05) is 20.8 Å². The van der Waals surface area contributed by atoms with Crippen LogP contribution in [0.4, 0.5) is 4.79 Å². The molecule has 1 unspecified atom stereocenters. The van der Waals surface area contributed by atoms with E-state index in [-0.39, 0.29) is 30.2 Å². The van der Waals surface area contributed by atoms with Crippen LogP contribution in [0.3, 0.4) is 0 Å². The van der Waals surface area contributed by atoms with Gasteiger partial charge in [-0.05, 0) is 18.1 Å². The van der Waals surface area contributed by atoms with Crippen molar-refractivity contribution >= 4 is 24.4 Å². The molecule has 2 aliphatic rings. The van der Waals surface area contributed by atoms with Crippen molar-refractivity contribution in [3.8, 4) is 0 Å². The van der Waals surface area contributed by atoms with Gasteiger partial charge in [0.2, 0.25) is 10.0 Å². The van der Waals surface area contributed by atoms with Gasteiger partial charge in [-0.25, -0.2) is 17.9 Å². The van der Waals surface area contributed by atoms with E-state index in [1.807, 2.05) is 0 Å². The molecule has 0 aromatic heterocycles. The van der Waals surface area contributed by atoms with Crippen LogP contribution in [0.1, 0.15) is 20.8 Å². The number of hydrogen-bond donors (Lipinski definition) is 2. The van der Waals surface area contributed by atoms with Gasteiger partial charge >= 0.3 is 6.09 Å². The predicted molar refractivity (Wildman–Crippen MR) is 96.7 cm³/mol. The first-order chi connectivity index (χ1) is 11.2. The Balaban J connectivity index is 2.27. The molecular formula is C15H30N2O6SSi. The Morgan fingerprint density at radius 2 is 1.96 bits per heavy atom. The molecule has 25 heavy (non-hydrogen) atoms. The predicted octanol–water partition coefficient (Wildman–Crippen LogP) is 1.30. The van der Waals surface area contributed by atoms with E-state index in [1.165, 1.54) is 4.90 Å². The van der Waals surface area contributed by atoms with Gasteiger partial charge in [-0.2, -0.15) is 0 Å². The number of likely N-dealkylation sites (tertiary alicyclic amines) is 1. The van der Waals surface area contributed by atoms with E-state index in [4.69, 9.17) is 9.16 Å². The van der Waals surface area contributed by atoms with Gasteiger partial charge in [0, 0.05) is 5.92 Å². The number of hydrogen-bond acceptors (Lipinski definition) is 5. The van der Waals surface area contributed by atoms with Gasteiger partial charge in [0.15, 0.2) is 8.32 Å². The SMILES string of the molecule is CC(C)(C)[Si](C)(C)OC[C@H]1C(NS(C)(=O)=O)[C@H]2COC[C@H]2N1C(=O)O. The molecule has 2 saturated heterocycles. The number of ether oxygens (including phenoxy) is 1. The highest BCUT2D eigenvalue weighted by atomic mass is 32.2. The number of carboxylic acid groups (broad SMARTS) is 1. The third kappa shape index (κ3) is 4.36. The van der Waals surface area contributed by atoms with Crippen LogP contribution < -0.4 is 4.72 Å². The summed E-state index contributed by atoms with van der Waals surface area (Å²) in [6.07, 6.45) is 0.0228. The number of carbonyl (C=O) groups is 1. The maximum absolute atomic E-state index is 11.8. The van der Waals surface area contributed by atoms with Crippen LogP contribution in [0.5, 0.6) is 0 Å². The lowest BCUT2D eigenvalue weighted by molar-refractivity contribution is 0.0771. The standard InChI is InChI=1S/C15H30N2O6SSi/c1-15(2,3)25(5,6)23-9-12-13(16-24(4,20)21)10-7-22-8-11(10)17(12)14(18)19/h10-13,16H,7-9H2,1-6H3,(H,18,19)/t10-,11+,12-,13?/m0/s1. The molecule has 0 aliphatic carbocycles. The van der Waals surface area contributed by atoms with Crippen LogP contribution in [0.25, 0.3) is 0 Å². The highest BCUT2D eigenvalue weighted by Crippen LogP contribution is 2.39. The minimum Gasteiger partial charge on any atom is -0.465 e. The second-order valence-electron chi connectivity index (χ2n) is 8.51. The number of amides is 1. The molecule has 2 rings (SSSR count). The number of nitrogens with one attached hydrogen (secondary N) is 1. The smallest absolute Gasteiger partial charge is 0.408 e. The van der Waals surface area contributed by atoms with E-state index in [1.54, 1.807) is 0 Å².